The molecule has 192 valence electrons. The summed E-state index contributed by atoms with van der Waals surface area (Å²) in [4.78, 5) is 24.5. The molecule has 0 saturated heterocycles. The maximum atomic E-state index is 13.6. The van der Waals surface area contributed by atoms with Crippen molar-refractivity contribution in [1.29, 1.82) is 0 Å². The van der Waals surface area contributed by atoms with E-state index >= 15 is 0 Å². The van der Waals surface area contributed by atoms with Crippen molar-refractivity contribution in [1.82, 2.24) is 24.6 Å². The summed E-state index contributed by atoms with van der Waals surface area (Å²) in [7, 11) is -4.10. The predicted molar refractivity (Wildman–Crippen MR) is 128 cm³/mol. The van der Waals surface area contributed by atoms with E-state index in [0.29, 0.717) is 11.2 Å². The van der Waals surface area contributed by atoms with Crippen LogP contribution >= 0.6 is 7.75 Å². The smallest absolute Gasteiger partial charge is 0.459 e. The van der Waals surface area contributed by atoms with Crippen molar-refractivity contribution in [3.63, 3.8) is 0 Å². The average Bonchev–Trinajstić information content (AvgIpc) is 3.41. The van der Waals surface area contributed by atoms with Crippen LogP contribution in [0.2, 0.25) is 0 Å². The monoisotopic (exact) mass is 518 g/mol. The van der Waals surface area contributed by atoms with Crippen LogP contribution in [0.15, 0.2) is 54.8 Å². The van der Waals surface area contributed by atoms with Gasteiger partial charge in [0.25, 0.3) is 0 Å². The Bertz CT molecular complexity index is 1300. The molecule has 0 unspecified atom stereocenters. The summed E-state index contributed by atoms with van der Waals surface area (Å²) in [6.45, 7) is 4.56. The van der Waals surface area contributed by atoms with E-state index in [-0.39, 0.29) is 30.0 Å². The van der Waals surface area contributed by atoms with Crippen LogP contribution in [0.3, 0.4) is 0 Å². The summed E-state index contributed by atoms with van der Waals surface area (Å²) in [5, 5.41) is 13.2. The molecule has 0 bridgehead atoms. The largest absolute Gasteiger partial charge is 0.469 e. The van der Waals surface area contributed by atoms with Crippen LogP contribution in [0.4, 0.5) is 5.82 Å². The number of aliphatic hydroxyl groups excluding tert-OH is 1. The summed E-state index contributed by atoms with van der Waals surface area (Å²) >= 11 is 0. The van der Waals surface area contributed by atoms with Crippen molar-refractivity contribution in [2.75, 3.05) is 12.3 Å². The molecule has 36 heavy (non-hydrogen) atoms. The lowest BCUT2D eigenvalue weighted by Crippen LogP contribution is -2.36. The number of nitrogens with two attached hydrogens (primary N) is 1. The van der Waals surface area contributed by atoms with E-state index in [1.807, 2.05) is 0 Å². The summed E-state index contributed by atoms with van der Waals surface area (Å²) in [5.41, 5.74) is 6.57. The Morgan fingerprint density at radius 1 is 1.25 bits per heavy atom. The van der Waals surface area contributed by atoms with Gasteiger partial charge in [-0.25, -0.2) is 19.5 Å². The highest BCUT2D eigenvalue weighted by atomic mass is 31.2. The van der Waals surface area contributed by atoms with Crippen molar-refractivity contribution in [2.24, 2.45) is 0 Å². The van der Waals surface area contributed by atoms with Crippen LogP contribution in [0.5, 0.6) is 5.75 Å². The molecule has 4 rings (SSSR count). The van der Waals surface area contributed by atoms with E-state index in [1.165, 1.54) is 30.2 Å². The van der Waals surface area contributed by atoms with Crippen molar-refractivity contribution in [3.05, 3.63) is 54.8 Å². The quantitative estimate of drug-likeness (QED) is 0.264. The zero-order valence-corrected chi connectivity index (χ0v) is 20.7. The second kappa shape index (κ2) is 10.6. The van der Waals surface area contributed by atoms with Crippen molar-refractivity contribution in [3.8, 4) is 5.75 Å². The van der Waals surface area contributed by atoms with Gasteiger partial charge in [-0.15, -0.1) is 0 Å². The maximum absolute atomic E-state index is 13.6. The zero-order chi connectivity index (χ0) is 25.9. The Kier molecular flexibility index (Phi) is 7.55. The van der Waals surface area contributed by atoms with Gasteiger partial charge in [-0.2, -0.15) is 5.09 Å². The van der Waals surface area contributed by atoms with E-state index < -0.39 is 32.1 Å². The first-order valence-corrected chi connectivity index (χ1v) is 12.7. The number of nitrogens with one attached hydrogen (secondary N) is 1. The van der Waals surface area contributed by atoms with Gasteiger partial charge in [-0.1, -0.05) is 18.2 Å². The number of para-hydroxylation sites is 1. The molecule has 0 spiro atoms. The molecule has 1 aliphatic rings. The molecular weight excluding hydrogens is 491 g/mol. The Morgan fingerprint density at radius 3 is 2.72 bits per heavy atom. The van der Waals surface area contributed by atoms with Gasteiger partial charge in [0.2, 0.25) is 6.23 Å². The van der Waals surface area contributed by atoms with Gasteiger partial charge in [-0.3, -0.25) is 13.9 Å². The number of nitrogens with zero attached hydrogens (tertiary/aromatic N) is 4. The van der Waals surface area contributed by atoms with Crippen LogP contribution in [0, 0.1) is 0 Å². The van der Waals surface area contributed by atoms with E-state index in [1.54, 1.807) is 44.2 Å². The lowest BCUT2D eigenvalue weighted by Gasteiger charge is -2.24. The number of aromatic nitrogens is 4. The van der Waals surface area contributed by atoms with Crippen LogP contribution in [0.1, 0.15) is 27.0 Å². The summed E-state index contributed by atoms with van der Waals surface area (Å²) < 4.78 is 37.3. The first kappa shape index (κ1) is 25.6. The molecule has 3 aromatic rings. The molecule has 1 aliphatic heterocycles. The van der Waals surface area contributed by atoms with Gasteiger partial charge in [0.1, 0.15) is 48.4 Å². The number of anilines is 1. The third-order valence-corrected chi connectivity index (χ3v) is 6.61. The highest BCUT2D eigenvalue weighted by Crippen LogP contribution is 2.46. The highest BCUT2D eigenvalue weighted by Gasteiger charge is 2.36. The standard InChI is InChI=1S/C22H27N6O7P/c1-13(2)33-22(30)14(3)27-36(31,35-15-7-5-4-6-8-15)32-10-16-9-17(29)21(34-16)28-12-26-18-19(23)24-11-25-20(18)28/h4-9,11-14,17,21,29H,10H2,1-3H3,(H,27,31)(H2,23,24,25)/t14-,17+,21+,36-/m0/s1. The second-order valence-electron chi connectivity index (χ2n) is 8.23. The van der Waals surface area contributed by atoms with Gasteiger partial charge >= 0.3 is 13.7 Å². The number of imidazole rings is 1. The topological polar surface area (TPSA) is 173 Å². The fraction of sp³-hybridized carbons (Fsp3) is 0.364. The Hall–Kier alpha value is -3.51. The lowest BCUT2D eigenvalue weighted by molar-refractivity contribution is -0.149. The Balaban J connectivity index is 1.47. The van der Waals surface area contributed by atoms with Gasteiger partial charge < -0.3 is 24.8 Å². The van der Waals surface area contributed by atoms with Crippen molar-refractivity contribution < 1.29 is 33.0 Å². The molecule has 2 aromatic heterocycles. The first-order chi connectivity index (χ1) is 17.1. The summed E-state index contributed by atoms with van der Waals surface area (Å²) in [5.74, 6) is 0.0233. The summed E-state index contributed by atoms with van der Waals surface area (Å²) in [6.07, 6.45) is 1.76. The molecular formula is C22H27N6O7P. The number of benzene rings is 1. The van der Waals surface area contributed by atoms with Gasteiger partial charge in [0.15, 0.2) is 11.5 Å². The van der Waals surface area contributed by atoms with E-state index in [0.717, 1.165) is 0 Å². The molecule has 13 nitrogen and oxygen atoms in total. The number of esters is 1. The fourth-order valence-electron chi connectivity index (χ4n) is 3.38. The fourth-order valence-corrected chi connectivity index (χ4v) is 4.84. The number of fused-ring (bicyclic) bond motifs is 1. The molecule has 0 fully saturated rings. The molecule has 4 N–H and O–H groups in total. The minimum atomic E-state index is -4.10. The zero-order valence-electron chi connectivity index (χ0n) is 19.8. The molecule has 0 saturated carbocycles. The number of hydrogen-bond donors (Lipinski definition) is 3. The molecule has 4 atom stereocenters. The first-order valence-electron chi connectivity index (χ1n) is 11.1. The molecule has 14 heteroatoms. The molecule has 1 aromatic carbocycles. The number of hydrogen-bond acceptors (Lipinski definition) is 11. The number of ether oxygens (including phenoxy) is 2. The van der Waals surface area contributed by atoms with Crippen LogP contribution in [-0.4, -0.2) is 55.5 Å². The van der Waals surface area contributed by atoms with E-state index in [2.05, 4.69) is 20.0 Å². The normalized spacial score (nSPS) is 20.0. The van der Waals surface area contributed by atoms with Crippen LogP contribution in [0.25, 0.3) is 11.2 Å². The number of carbonyl (C=O) groups excluding carboxylic acids is 1. The van der Waals surface area contributed by atoms with E-state index in [9.17, 15) is 14.5 Å². The summed E-state index contributed by atoms with van der Waals surface area (Å²) in [6, 6.07) is 7.36. The molecule has 0 amide bonds. The maximum Gasteiger partial charge on any atom is 0.459 e. The van der Waals surface area contributed by atoms with Crippen molar-refractivity contribution >= 4 is 30.7 Å². The minimum absolute atomic E-state index is 0.187. The van der Waals surface area contributed by atoms with Crippen molar-refractivity contribution in [2.45, 2.75) is 45.2 Å². The van der Waals surface area contributed by atoms with Crippen LogP contribution < -0.4 is 15.3 Å². The SMILES string of the molecule is CC(C)OC(=O)[C@H](C)N[P@](=O)(OCC1=C[C@@H](O)[C@H](n2cnc3c(N)ncnc32)O1)Oc1ccccc1. The minimum Gasteiger partial charge on any atom is -0.469 e. The molecule has 0 radical (unpaired) electrons. The third kappa shape index (κ3) is 5.82. The Labute approximate surface area is 206 Å². The van der Waals surface area contributed by atoms with E-state index in [4.69, 9.17) is 24.3 Å². The number of aliphatic hydroxyl groups is 1. The molecule has 0 aliphatic carbocycles. The third-order valence-electron chi connectivity index (χ3n) is 4.98. The number of nitrogen functional groups attached to an aromatic ring is 1. The second-order valence-corrected chi connectivity index (χ2v) is 9.92. The Morgan fingerprint density at radius 2 is 2.00 bits per heavy atom. The molecule has 3 heterocycles. The van der Waals surface area contributed by atoms with Gasteiger partial charge in [0.05, 0.1) is 6.10 Å². The predicted octanol–water partition coefficient (Wildman–Crippen LogP) is 2.32. The number of carbonyl (C=O) groups is 1. The highest BCUT2D eigenvalue weighted by molar-refractivity contribution is 7.52. The number of rotatable bonds is 10. The average molecular weight is 518 g/mol. The van der Waals surface area contributed by atoms with Crippen LogP contribution in [-0.2, 0) is 23.4 Å². The lowest BCUT2D eigenvalue weighted by atomic mass is 10.3. The van der Waals surface area contributed by atoms with Gasteiger partial charge in [-0.05, 0) is 39.0 Å². The van der Waals surface area contributed by atoms with Gasteiger partial charge in [0, 0.05) is 0 Å².